The van der Waals surface area contributed by atoms with E-state index in [1.54, 1.807) is 0 Å². The van der Waals surface area contributed by atoms with Gasteiger partial charge in [-0.05, 0) is 63.9 Å². The molecule has 0 saturated carbocycles. The van der Waals surface area contributed by atoms with E-state index in [9.17, 15) is 19.2 Å². The Hall–Kier alpha value is -5.75. The number of benzene rings is 3. The van der Waals surface area contributed by atoms with Crippen LogP contribution < -0.4 is 10.6 Å². The number of carbonyl (C=O) groups excluding carboxylic acids is 4. The molecule has 0 bridgehead atoms. The molecule has 5 aromatic rings. The number of fused-ring (bicyclic) bond motifs is 1. The largest absolute Gasteiger partial charge is 0.453 e. The Morgan fingerprint density at radius 1 is 0.645 bits per heavy atom. The van der Waals surface area contributed by atoms with Crippen LogP contribution in [-0.4, -0.2) is 109 Å². The van der Waals surface area contributed by atoms with Gasteiger partial charge in [-0.1, -0.05) is 108 Å². The van der Waals surface area contributed by atoms with Crippen LogP contribution in [0.5, 0.6) is 0 Å². The zero-order chi connectivity index (χ0) is 44.7. The van der Waals surface area contributed by atoms with Crippen LogP contribution in [0, 0.1) is 11.8 Å². The third-order valence-electron chi connectivity index (χ3n) is 12.3. The topological polar surface area (TPSA) is 175 Å². The first-order valence-electron chi connectivity index (χ1n) is 21.4. The van der Waals surface area contributed by atoms with E-state index < -0.39 is 40.4 Å². The lowest BCUT2D eigenvalue weighted by molar-refractivity contribution is -0.135. The Kier molecular flexibility index (Phi) is 12.5. The molecule has 4 atom stereocenters. The number of ether oxygens (including phenoxy) is 2. The third kappa shape index (κ3) is 9.35. The number of carbonyl (C=O) groups is 4. The van der Waals surface area contributed by atoms with Gasteiger partial charge in [-0.25, -0.2) is 19.6 Å². The number of hydrogen-bond donors (Lipinski definition) is 4. The molecule has 4 heterocycles. The number of aromatic nitrogens is 4. The fourth-order valence-electron chi connectivity index (χ4n) is 8.96. The molecule has 16 heteroatoms. The molecule has 2 aliphatic rings. The van der Waals surface area contributed by atoms with Gasteiger partial charge in [-0.2, -0.15) is 0 Å². The van der Waals surface area contributed by atoms with E-state index in [0.29, 0.717) is 12.3 Å². The van der Waals surface area contributed by atoms with Crippen LogP contribution in [0.15, 0.2) is 72.9 Å². The van der Waals surface area contributed by atoms with Crippen LogP contribution in [0.2, 0.25) is 38.3 Å². The predicted molar refractivity (Wildman–Crippen MR) is 246 cm³/mol. The minimum absolute atomic E-state index is 0.109. The Bertz CT molecular complexity index is 2440. The summed E-state index contributed by atoms with van der Waals surface area (Å²) < 4.78 is 9.64. The molecule has 0 radical (unpaired) electrons. The van der Waals surface area contributed by atoms with Crippen LogP contribution in [0.25, 0.3) is 44.5 Å². The number of H-pyrrole nitrogens is 2. The summed E-state index contributed by atoms with van der Waals surface area (Å²) in [5.41, 5.74) is 7.87. The summed E-state index contributed by atoms with van der Waals surface area (Å²) in [6.07, 6.45) is 1.97. The summed E-state index contributed by atoms with van der Waals surface area (Å²) in [7, 11) is -0.900. The molecule has 14 nitrogen and oxygen atoms in total. The molecule has 7 rings (SSSR count). The molecule has 2 aromatic heterocycles. The maximum Gasteiger partial charge on any atom is 0.407 e. The molecular formula is C46H60N8O6Si2. The van der Waals surface area contributed by atoms with Crippen molar-refractivity contribution in [1.82, 2.24) is 40.4 Å². The fraction of sp³-hybridized carbons (Fsp3) is 0.435. The van der Waals surface area contributed by atoms with Gasteiger partial charge in [-0.3, -0.25) is 9.59 Å². The van der Waals surface area contributed by atoms with E-state index in [1.165, 1.54) is 14.2 Å². The molecule has 0 aliphatic carbocycles. The summed E-state index contributed by atoms with van der Waals surface area (Å²) in [5.74, 6) is 1.07. The zero-order valence-corrected chi connectivity index (χ0v) is 39.5. The van der Waals surface area contributed by atoms with Gasteiger partial charge in [0.1, 0.15) is 23.7 Å². The van der Waals surface area contributed by atoms with Crippen LogP contribution in [0.1, 0.15) is 51.4 Å². The minimum atomic E-state index is -1.76. The second-order valence-corrected chi connectivity index (χ2v) is 29.2. The maximum atomic E-state index is 13.9. The number of nitrogens with zero attached hydrogens (tertiary/aromatic N) is 4. The Labute approximate surface area is 365 Å². The van der Waals surface area contributed by atoms with Gasteiger partial charge >= 0.3 is 12.2 Å². The van der Waals surface area contributed by atoms with Crippen LogP contribution in [-0.2, 0) is 19.1 Å². The fourth-order valence-corrected chi connectivity index (χ4v) is 14.7. The van der Waals surface area contributed by atoms with Crippen molar-refractivity contribution in [1.29, 1.82) is 0 Å². The van der Waals surface area contributed by atoms with Crippen molar-refractivity contribution in [3.05, 3.63) is 84.6 Å². The number of amides is 4. The Balaban J connectivity index is 1.05. The first kappa shape index (κ1) is 44.3. The van der Waals surface area contributed by atoms with Crippen molar-refractivity contribution in [2.24, 2.45) is 11.8 Å². The highest BCUT2D eigenvalue weighted by Gasteiger charge is 2.47. The molecule has 0 unspecified atom stereocenters. The number of imidazole rings is 2. The third-order valence-corrected chi connectivity index (χ3v) is 17.6. The summed E-state index contributed by atoms with van der Waals surface area (Å²) >= 11 is 0. The van der Waals surface area contributed by atoms with Crippen molar-refractivity contribution in [3.63, 3.8) is 0 Å². The first-order valence-corrected chi connectivity index (χ1v) is 28.3. The molecule has 4 amide bonds. The smallest absolute Gasteiger partial charge is 0.407 e. The van der Waals surface area contributed by atoms with E-state index in [2.05, 4.69) is 107 Å². The standard InChI is InChI=1S/C46H60N8O6Si2/c1-27(2)39(51-45(57)59-5)43(55)53-25-61(7,8)23-37(53)41-47-22-36(50-41)32-17-15-30(16-18-32)29-11-13-31(14-12-29)33-19-20-34-35(21-33)49-42(48-34)38-24-62(9,10)26-54(38)44(56)40(28(3)4)52-46(58)60-6/h11-22,27-28,37-40H,23-26H2,1-10H3,(H,47,50)(H,48,49)(H,51,57)(H,52,58)/t37-,38-,39-,40-/m0/s1. The van der Waals surface area contributed by atoms with Gasteiger partial charge in [-0.15, -0.1) is 0 Å². The first-order chi connectivity index (χ1) is 29.4. The molecule has 62 heavy (non-hydrogen) atoms. The molecule has 2 aliphatic heterocycles. The monoisotopic (exact) mass is 876 g/mol. The number of methoxy groups -OCH3 is 2. The Morgan fingerprint density at radius 3 is 1.55 bits per heavy atom. The van der Waals surface area contributed by atoms with Crippen molar-refractivity contribution in [2.75, 3.05) is 26.6 Å². The highest BCUT2D eigenvalue weighted by molar-refractivity contribution is 6.79. The molecule has 2 saturated heterocycles. The average Bonchev–Trinajstić information content (AvgIpc) is 4.04. The summed E-state index contributed by atoms with van der Waals surface area (Å²) in [6, 6.07) is 23.0. The summed E-state index contributed by atoms with van der Waals surface area (Å²) in [4.78, 5) is 72.7. The van der Waals surface area contributed by atoms with Crippen molar-refractivity contribution in [2.45, 2.75) is 90.1 Å². The highest BCUT2D eigenvalue weighted by atomic mass is 28.3. The van der Waals surface area contributed by atoms with Crippen molar-refractivity contribution < 1.29 is 28.7 Å². The van der Waals surface area contributed by atoms with E-state index in [4.69, 9.17) is 19.4 Å². The SMILES string of the molecule is COC(=O)N[C@H](C(=O)N1C[Si](C)(C)C[C@H]1c1ncc(-c2ccc(-c3ccc(-c4ccc5[nH]c([C@@H]6C[Si](C)(C)CN6C(=O)[C@@H](NC(=O)OC)C(C)C)nc5c4)cc3)cc2)[nH]1)C(C)C. The maximum absolute atomic E-state index is 13.9. The van der Waals surface area contributed by atoms with Gasteiger partial charge in [0.2, 0.25) is 11.8 Å². The van der Waals surface area contributed by atoms with E-state index in [0.717, 1.165) is 68.3 Å². The number of rotatable bonds is 11. The van der Waals surface area contributed by atoms with Crippen molar-refractivity contribution >= 4 is 51.2 Å². The predicted octanol–water partition coefficient (Wildman–Crippen LogP) is 8.31. The van der Waals surface area contributed by atoms with Gasteiger partial charge in [0, 0.05) is 12.3 Å². The van der Waals surface area contributed by atoms with Gasteiger partial charge in [0.05, 0.1) is 65.4 Å². The van der Waals surface area contributed by atoms with Crippen LogP contribution >= 0.6 is 0 Å². The van der Waals surface area contributed by atoms with E-state index >= 15 is 0 Å². The molecule has 4 N–H and O–H groups in total. The normalized spacial score (nSPS) is 19.2. The summed E-state index contributed by atoms with van der Waals surface area (Å²) in [6.45, 7) is 16.8. The molecule has 2 fully saturated rings. The number of aromatic amines is 2. The van der Waals surface area contributed by atoms with Crippen molar-refractivity contribution in [3.8, 4) is 33.5 Å². The number of nitrogens with one attached hydrogen (secondary N) is 4. The second-order valence-electron chi connectivity index (χ2n) is 19.1. The molecule has 3 aromatic carbocycles. The lowest BCUT2D eigenvalue weighted by Gasteiger charge is -2.30. The summed E-state index contributed by atoms with van der Waals surface area (Å²) in [5, 5.41) is 5.50. The molecule has 328 valence electrons. The molecular weight excluding hydrogens is 817 g/mol. The number of hydrogen-bond acceptors (Lipinski definition) is 8. The van der Waals surface area contributed by atoms with E-state index in [1.807, 2.05) is 49.8 Å². The minimum Gasteiger partial charge on any atom is -0.453 e. The molecule has 0 spiro atoms. The van der Waals surface area contributed by atoms with Gasteiger partial charge in [0.15, 0.2) is 0 Å². The van der Waals surface area contributed by atoms with Gasteiger partial charge < -0.3 is 39.9 Å². The highest BCUT2D eigenvalue weighted by Crippen LogP contribution is 2.40. The zero-order valence-electron chi connectivity index (χ0n) is 37.5. The number of alkyl carbamates (subject to hydrolysis) is 2. The van der Waals surface area contributed by atoms with Crippen LogP contribution in [0.4, 0.5) is 9.59 Å². The lowest BCUT2D eigenvalue weighted by Crippen LogP contribution is -2.52. The van der Waals surface area contributed by atoms with E-state index in [-0.39, 0.29) is 35.7 Å². The Morgan fingerprint density at radius 2 is 1.08 bits per heavy atom. The lowest BCUT2D eigenvalue weighted by atomic mass is 9.99. The van der Waals surface area contributed by atoms with Crippen LogP contribution in [0.3, 0.4) is 0 Å². The van der Waals surface area contributed by atoms with Gasteiger partial charge in [0.25, 0.3) is 0 Å². The average molecular weight is 877 g/mol. The quantitative estimate of drug-likeness (QED) is 0.0959. The second kappa shape index (κ2) is 17.6.